The van der Waals surface area contributed by atoms with Crippen LogP contribution in [0.25, 0.3) is 0 Å². The molecule has 2 fully saturated rings. The minimum atomic E-state index is -3.28. The van der Waals surface area contributed by atoms with E-state index in [2.05, 4.69) is 10.2 Å². The molecule has 0 saturated carbocycles. The van der Waals surface area contributed by atoms with Crippen LogP contribution in [0, 0.1) is 5.92 Å². The molecule has 0 spiro atoms. The van der Waals surface area contributed by atoms with Crippen LogP contribution in [0.5, 0.6) is 0 Å². The van der Waals surface area contributed by atoms with Crippen LogP contribution in [-0.2, 0) is 30.7 Å². The number of morpholine rings is 1. The molecule has 0 radical (unpaired) electrons. The Kier molecular flexibility index (Phi) is 10.2. The molecule has 2 aliphatic heterocycles. The summed E-state index contributed by atoms with van der Waals surface area (Å²) in [5, 5.41) is 2.60. The van der Waals surface area contributed by atoms with Gasteiger partial charge in [-0.1, -0.05) is 30.3 Å². The summed E-state index contributed by atoms with van der Waals surface area (Å²) in [5.41, 5.74) is 0.829. The van der Waals surface area contributed by atoms with Gasteiger partial charge in [-0.3, -0.25) is 9.69 Å². The van der Waals surface area contributed by atoms with Crippen LogP contribution in [-0.4, -0.2) is 94.2 Å². The number of hydrogen-bond acceptors (Lipinski definition) is 7. The first-order chi connectivity index (χ1) is 16.3. The van der Waals surface area contributed by atoms with Gasteiger partial charge in [0, 0.05) is 32.4 Å². The molecule has 1 aromatic carbocycles. The average Bonchev–Trinajstić information content (AvgIpc) is 2.84. The quantitative estimate of drug-likeness (QED) is 0.526. The summed E-state index contributed by atoms with van der Waals surface area (Å²) in [7, 11) is -3.28. The van der Waals surface area contributed by atoms with Gasteiger partial charge in [-0.2, -0.15) is 0 Å². The molecule has 190 valence electrons. The summed E-state index contributed by atoms with van der Waals surface area (Å²) < 4.78 is 34.0. The number of nitrogens with one attached hydrogen (secondary N) is 1. The summed E-state index contributed by atoms with van der Waals surface area (Å²) in [6.45, 7) is 5.90. The lowest BCUT2D eigenvalue weighted by atomic mass is 9.93. The number of alkyl carbamates (subject to hydrolysis) is 1. The number of benzene rings is 1. The van der Waals surface area contributed by atoms with Gasteiger partial charge >= 0.3 is 6.09 Å². The fraction of sp³-hybridized carbons (Fsp3) is 0.667. The van der Waals surface area contributed by atoms with Gasteiger partial charge in [-0.25, -0.2) is 13.2 Å². The van der Waals surface area contributed by atoms with Gasteiger partial charge in [0.25, 0.3) is 0 Å². The van der Waals surface area contributed by atoms with E-state index >= 15 is 0 Å². The van der Waals surface area contributed by atoms with Crippen molar-refractivity contribution in [2.75, 3.05) is 57.9 Å². The van der Waals surface area contributed by atoms with Gasteiger partial charge in [0.1, 0.15) is 22.5 Å². The Bertz CT molecular complexity index is 881. The zero-order chi connectivity index (χ0) is 24.4. The molecule has 2 amide bonds. The van der Waals surface area contributed by atoms with E-state index in [0.717, 1.165) is 63.9 Å². The molecule has 2 saturated heterocycles. The molecule has 2 aliphatic rings. The van der Waals surface area contributed by atoms with Crippen LogP contribution in [0.4, 0.5) is 4.79 Å². The fourth-order valence-corrected chi connectivity index (χ4v) is 5.01. The second-order valence-corrected chi connectivity index (χ2v) is 11.4. The van der Waals surface area contributed by atoms with Crippen LogP contribution in [0.15, 0.2) is 30.3 Å². The van der Waals surface area contributed by atoms with E-state index in [4.69, 9.17) is 9.47 Å². The molecule has 0 bridgehead atoms. The lowest BCUT2D eigenvalue weighted by molar-refractivity contribution is -0.134. The SMILES string of the molecule is CS(=O)(=O)CCC(NC(=O)OCc1ccccc1)C(=O)N1CCC(CCN2CCOCC2)CC1. The number of rotatable bonds is 10. The van der Waals surface area contributed by atoms with Crippen molar-refractivity contribution in [3.8, 4) is 0 Å². The molecule has 34 heavy (non-hydrogen) atoms. The molecule has 3 rings (SSSR count). The number of nitrogens with zero attached hydrogens (tertiary/aromatic N) is 2. The van der Waals surface area contributed by atoms with Gasteiger partial charge < -0.3 is 19.7 Å². The van der Waals surface area contributed by atoms with Crippen LogP contribution < -0.4 is 5.32 Å². The van der Waals surface area contributed by atoms with E-state index in [-0.39, 0.29) is 24.7 Å². The van der Waals surface area contributed by atoms with Crippen LogP contribution in [0.2, 0.25) is 0 Å². The number of hydrogen-bond donors (Lipinski definition) is 1. The summed E-state index contributed by atoms with van der Waals surface area (Å²) in [4.78, 5) is 29.7. The van der Waals surface area contributed by atoms with Crippen molar-refractivity contribution >= 4 is 21.8 Å². The maximum Gasteiger partial charge on any atom is 0.408 e. The van der Waals surface area contributed by atoms with Crippen LogP contribution in [0.3, 0.4) is 0 Å². The molecule has 0 aromatic heterocycles. The molecule has 1 N–H and O–H groups in total. The lowest BCUT2D eigenvalue weighted by Gasteiger charge is -2.35. The smallest absolute Gasteiger partial charge is 0.408 e. The van der Waals surface area contributed by atoms with Gasteiger partial charge in [0.05, 0.1) is 19.0 Å². The zero-order valence-corrected chi connectivity index (χ0v) is 20.8. The third-order valence-corrected chi connectivity index (χ3v) is 7.44. The van der Waals surface area contributed by atoms with Crippen molar-refractivity contribution in [2.24, 2.45) is 5.92 Å². The van der Waals surface area contributed by atoms with Crippen LogP contribution >= 0.6 is 0 Å². The summed E-state index contributed by atoms with van der Waals surface area (Å²) >= 11 is 0. The van der Waals surface area contributed by atoms with E-state index < -0.39 is 22.0 Å². The Morgan fingerprint density at radius 3 is 2.44 bits per heavy atom. The Hall–Kier alpha value is -2.17. The zero-order valence-electron chi connectivity index (χ0n) is 20.0. The minimum absolute atomic E-state index is 0.0229. The first kappa shape index (κ1) is 26.4. The predicted octanol–water partition coefficient (Wildman–Crippen LogP) is 1.68. The highest BCUT2D eigenvalue weighted by Crippen LogP contribution is 2.22. The van der Waals surface area contributed by atoms with Crippen molar-refractivity contribution in [3.05, 3.63) is 35.9 Å². The van der Waals surface area contributed by atoms with Gasteiger partial charge in [0.2, 0.25) is 5.91 Å². The topological polar surface area (TPSA) is 105 Å². The summed E-state index contributed by atoms with van der Waals surface area (Å²) in [6, 6.07) is 8.31. The number of piperidine rings is 1. The number of amides is 2. The molecule has 1 unspecified atom stereocenters. The van der Waals surface area contributed by atoms with Gasteiger partial charge in [-0.05, 0) is 43.7 Å². The largest absolute Gasteiger partial charge is 0.445 e. The highest BCUT2D eigenvalue weighted by Gasteiger charge is 2.30. The van der Waals surface area contributed by atoms with Gasteiger partial charge in [0.15, 0.2) is 0 Å². The normalized spacial score (nSPS) is 18.9. The second-order valence-electron chi connectivity index (χ2n) is 9.19. The van der Waals surface area contributed by atoms with Gasteiger partial charge in [-0.15, -0.1) is 0 Å². The average molecular weight is 496 g/mol. The van der Waals surface area contributed by atoms with E-state index in [0.29, 0.717) is 19.0 Å². The Morgan fingerprint density at radius 1 is 1.12 bits per heavy atom. The minimum Gasteiger partial charge on any atom is -0.445 e. The molecular weight excluding hydrogens is 458 g/mol. The molecule has 9 nitrogen and oxygen atoms in total. The standard InChI is InChI=1S/C24H37N3O6S/c1-34(30,31)18-10-22(25-24(29)33-19-21-5-3-2-4-6-21)23(28)27-12-8-20(9-13-27)7-11-26-14-16-32-17-15-26/h2-6,20,22H,7-19H2,1H3,(H,25,29). The Balaban J connectivity index is 1.48. The third-order valence-electron chi connectivity index (χ3n) is 6.46. The van der Waals surface area contributed by atoms with Crippen molar-refractivity contribution < 1.29 is 27.5 Å². The molecular formula is C24H37N3O6S. The van der Waals surface area contributed by atoms with E-state index in [9.17, 15) is 18.0 Å². The van der Waals surface area contributed by atoms with E-state index in [1.807, 2.05) is 30.3 Å². The number of carbonyl (C=O) groups is 2. The monoisotopic (exact) mass is 495 g/mol. The predicted molar refractivity (Wildman–Crippen MR) is 129 cm³/mol. The highest BCUT2D eigenvalue weighted by atomic mass is 32.2. The lowest BCUT2D eigenvalue weighted by Crippen LogP contribution is -2.51. The maximum atomic E-state index is 13.2. The van der Waals surface area contributed by atoms with Crippen molar-refractivity contribution in [1.29, 1.82) is 0 Å². The van der Waals surface area contributed by atoms with Crippen LogP contribution in [0.1, 0.15) is 31.2 Å². The third kappa shape index (κ3) is 9.23. The van der Waals surface area contributed by atoms with Crippen molar-refractivity contribution in [3.63, 3.8) is 0 Å². The highest BCUT2D eigenvalue weighted by molar-refractivity contribution is 7.90. The molecule has 0 aliphatic carbocycles. The second kappa shape index (κ2) is 13.1. The molecule has 1 atom stereocenters. The number of carbonyl (C=O) groups excluding carboxylic acids is 2. The molecule has 1 aromatic rings. The Labute approximate surface area is 202 Å². The molecule has 2 heterocycles. The fourth-order valence-electron chi connectivity index (χ4n) is 4.35. The number of likely N-dealkylation sites (tertiary alicyclic amines) is 1. The summed E-state index contributed by atoms with van der Waals surface area (Å²) in [6.07, 6.45) is 3.35. The first-order valence-corrected chi connectivity index (χ1v) is 14.1. The first-order valence-electron chi connectivity index (χ1n) is 12.0. The van der Waals surface area contributed by atoms with Crippen molar-refractivity contribution in [2.45, 2.75) is 38.3 Å². The maximum absolute atomic E-state index is 13.2. The van der Waals surface area contributed by atoms with E-state index in [1.54, 1.807) is 4.90 Å². The Morgan fingerprint density at radius 2 is 1.79 bits per heavy atom. The number of ether oxygens (including phenoxy) is 2. The summed E-state index contributed by atoms with van der Waals surface area (Å²) in [5.74, 6) is 0.135. The number of sulfone groups is 1. The van der Waals surface area contributed by atoms with Crippen molar-refractivity contribution in [1.82, 2.24) is 15.1 Å². The molecule has 10 heteroatoms. The van der Waals surface area contributed by atoms with E-state index in [1.165, 1.54) is 0 Å².